The molecule has 0 saturated carbocycles. The molecule has 1 unspecified atom stereocenters. The molecule has 32 heteroatoms. The van der Waals surface area contributed by atoms with Crippen molar-refractivity contribution in [2.45, 2.75) is 94.4 Å². The maximum Gasteiger partial charge on any atom is 0.319 e. The van der Waals surface area contributed by atoms with Gasteiger partial charge >= 0.3 is 6.03 Å². The van der Waals surface area contributed by atoms with Gasteiger partial charge in [0.15, 0.2) is 38.8 Å². The number of carbonyl (C=O) groups excluding carboxylic acids is 14. The Morgan fingerprint density at radius 1 is 0.600 bits per heavy atom. The monoisotopic (exact) mass is 1330 g/mol. The van der Waals surface area contributed by atoms with Gasteiger partial charge in [0.25, 0.3) is 0 Å². The lowest BCUT2D eigenvalue weighted by Gasteiger charge is -2.28. The Hall–Kier alpha value is -6.07. The lowest BCUT2D eigenvalue weighted by atomic mass is 9.72. The molecule has 3 saturated heterocycles. The van der Waals surface area contributed by atoms with Crippen molar-refractivity contribution >= 4 is 121 Å². The number of aryl methyl sites for hydroxylation is 1. The van der Waals surface area contributed by atoms with E-state index in [2.05, 4.69) is 26.6 Å². The van der Waals surface area contributed by atoms with Gasteiger partial charge in [0, 0.05) is 89.1 Å². The van der Waals surface area contributed by atoms with E-state index in [1.165, 1.54) is 33.4 Å². The zero-order valence-electron chi connectivity index (χ0n) is 51.3. The van der Waals surface area contributed by atoms with E-state index >= 15 is 0 Å². The smallest absolute Gasteiger partial charge is 0.319 e. The van der Waals surface area contributed by atoms with Gasteiger partial charge in [-0.05, 0) is 51.8 Å². The van der Waals surface area contributed by atoms with E-state index in [0.29, 0.717) is 58.1 Å². The van der Waals surface area contributed by atoms with E-state index in [4.69, 9.17) is 37.9 Å². The van der Waals surface area contributed by atoms with Crippen molar-refractivity contribution in [1.29, 1.82) is 0 Å². The number of rotatable bonds is 51. The first kappa shape index (κ1) is 76.4. The number of hydrogen-bond donors (Lipinski definition) is 5. The number of likely N-dealkylation sites (tertiary alicyclic amines) is 2. The van der Waals surface area contributed by atoms with Crippen LogP contribution in [0.5, 0.6) is 0 Å². The standard InChI is InChI=1S/C58H83N7O22S3/c1-39(66)57(40(2)67,41(3)68)47(70)13-20-80-24-28-84-32-35-87-31-27-83-23-17-60-54(77)45(38-61-56(79)62-44-8-5-43(6-9-44)7-10-51(74)64-19-12-52(64)75)63-50(73)15-36-88-46-37-53(76)65(55(46)78)18-11-49(72)59-16-22-82-26-30-86-34-33-85-29-25-81-21-14-48(71)58(42(4)69)89-90-58/h5-6,8-9,45-46H,7,10-38H2,1-4H3,(H,59,72)(H,60,77)(H,63,73)(H2,61,62,79)/t45-,46?/m1/s1. The van der Waals surface area contributed by atoms with Crippen LogP contribution in [0.4, 0.5) is 10.5 Å². The van der Waals surface area contributed by atoms with Crippen molar-refractivity contribution in [3.63, 3.8) is 0 Å². The van der Waals surface area contributed by atoms with Crippen molar-refractivity contribution in [1.82, 2.24) is 31.1 Å². The summed E-state index contributed by atoms with van der Waals surface area (Å²) in [6.45, 7) is 7.80. The Morgan fingerprint density at radius 2 is 1.11 bits per heavy atom. The highest BCUT2D eigenvalue weighted by Gasteiger charge is 2.57. The molecule has 9 amide bonds. The Kier molecular flexibility index (Phi) is 35.2. The summed E-state index contributed by atoms with van der Waals surface area (Å²) in [6.07, 6.45) is 0.328. The number of imide groups is 2. The van der Waals surface area contributed by atoms with Crippen LogP contribution in [-0.2, 0) is 107 Å². The summed E-state index contributed by atoms with van der Waals surface area (Å²) in [6, 6.07) is 4.74. The molecule has 500 valence electrons. The number of carbonyl (C=O) groups is 14. The number of nitrogens with one attached hydrogen (secondary N) is 5. The van der Waals surface area contributed by atoms with E-state index in [1.807, 2.05) is 0 Å². The highest BCUT2D eigenvalue weighted by molar-refractivity contribution is 8.94. The van der Waals surface area contributed by atoms with Crippen molar-refractivity contribution in [2.75, 3.05) is 150 Å². The molecule has 0 bridgehead atoms. The fraction of sp³-hybridized carbons (Fsp3) is 0.655. The fourth-order valence-electron chi connectivity index (χ4n) is 8.80. The number of anilines is 1. The summed E-state index contributed by atoms with van der Waals surface area (Å²) in [4.78, 5) is 177. The van der Waals surface area contributed by atoms with E-state index in [9.17, 15) is 67.1 Å². The molecule has 1 aromatic rings. The van der Waals surface area contributed by atoms with Gasteiger partial charge in [0.05, 0.1) is 111 Å². The second kappa shape index (κ2) is 41.4. The molecule has 3 aliphatic rings. The molecule has 3 fully saturated rings. The molecule has 0 aromatic heterocycles. The molecule has 2 atom stereocenters. The highest BCUT2D eigenvalue weighted by atomic mass is 33.2. The second-order valence-corrected chi connectivity index (χ2v) is 24.6. The normalized spacial score (nSPS) is 15.4. The number of amides is 9. The Bertz CT molecular complexity index is 2610. The maximum atomic E-state index is 13.4. The number of thioether (sulfide) groups is 1. The number of hydrogen-bond acceptors (Lipinski definition) is 25. The number of Topliss-reactive ketones (excluding diaryl/α,β-unsaturated/α-hetero) is 6. The summed E-state index contributed by atoms with van der Waals surface area (Å²) in [5.74, 6) is -6.52. The molecule has 4 rings (SSSR count). The molecule has 0 radical (unpaired) electrons. The van der Waals surface area contributed by atoms with Crippen molar-refractivity contribution in [3.8, 4) is 0 Å². The number of nitrogens with zero attached hydrogens (tertiary/aromatic N) is 2. The van der Waals surface area contributed by atoms with Crippen LogP contribution in [0.25, 0.3) is 0 Å². The van der Waals surface area contributed by atoms with E-state index < -0.39 is 79.5 Å². The van der Waals surface area contributed by atoms with Crippen molar-refractivity contribution in [3.05, 3.63) is 29.8 Å². The number of ketones is 6. The SMILES string of the molecule is CC(=O)C1(C(=O)CCOCCOCCOCCOCCNC(=O)CCN2C(=O)CC(SCCC(=O)N[C@H](CNC(=O)Nc3ccc(CCC(=O)N4CCC4=O)cc3)C(=O)NCCOCCOCCOCCOCCC(=O)C(C(C)=O)(C(C)=O)C(C)=O)C2=O)SS1. The first-order chi connectivity index (χ1) is 43.1. The van der Waals surface area contributed by atoms with Gasteiger partial charge in [-0.3, -0.25) is 72.1 Å². The lowest BCUT2D eigenvalue weighted by Crippen LogP contribution is -2.53. The highest BCUT2D eigenvalue weighted by Crippen LogP contribution is 2.66. The molecule has 3 aliphatic heterocycles. The zero-order valence-corrected chi connectivity index (χ0v) is 53.7. The molecule has 90 heavy (non-hydrogen) atoms. The van der Waals surface area contributed by atoms with Crippen LogP contribution in [0.3, 0.4) is 0 Å². The van der Waals surface area contributed by atoms with Crippen LogP contribution < -0.4 is 26.6 Å². The Balaban J connectivity index is 1.08. The number of β-lactam (4-membered cyclic amide) rings is 1. The minimum atomic E-state index is -2.31. The van der Waals surface area contributed by atoms with Crippen LogP contribution in [0.15, 0.2) is 24.3 Å². The number of urea groups is 1. The average Bonchev–Trinajstić information content (AvgIpc) is 1.49. The van der Waals surface area contributed by atoms with Gasteiger partial charge in [-0.2, -0.15) is 0 Å². The molecule has 29 nitrogen and oxygen atoms in total. The van der Waals surface area contributed by atoms with Gasteiger partial charge in [-0.15, -0.1) is 11.8 Å². The van der Waals surface area contributed by atoms with E-state index in [1.54, 1.807) is 24.3 Å². The van der Waals surface area contributed by atoms with E-state index in [-0.39, 0.29) is 167 Å². The summed E-state index contributed by atoms with van der Waals surface area (Å²) in [5.41, 5.74) is -1.11. The van der Waals surface area contributed by atoms with Crippen molar-refractivity contribution in [2.24, 2.45) is 5.41 Å². The summed E-state index contributed by atoms with van der Waals surface area (Å²) in [7, 11) is 2.54. The van der Waals surface area contributed by atoms with Gasteiger partial charge in [0.1, 0.15) is 6.04 Å². The lowest BCUT2D eigenvalue weighted by molar-refractivity contribution is -0.155. The van der Waals surface area contributed by atoms with Crippen LogP contribution >= 0.6 is 33.3 Å². The quantitative estimate of drug-likeness (QED) is 0.0147. The third kappa shape index (κ3) is 26.3. The zero-order chi connectivity index (χ0) is 65.9. The molecule has 1 aromatic carbocycles. The van der Waals surface area contributed by atoms with Crippen LogP contribution in [0, 0.1) is 5.41 Å². The largest absolute Gasteiger partial charge is 0.379 e. The van der Waals surface area contributed by atoms with Gasteiger partial charge in [0.2, 0.25) is 46.8 Å². The predicted molar refractivity (Wildman–Crippen MR) is 327 cm³/mol. The predicted octanol–water partition coefficient (Wildman–Crippen LogP) is 0.343. The van der Waals surface area contributed by atoms with E-state index in [0.717, 1.165) is 43.0 Å². The molecular formula is C58H83N7O22S3. The molecule has 0 aliphatic carbocycles. The van der Waals surface area contributed by atoms with Gasteiger partial charge < -0.3 is 64.5 Å². The summed E-state index contributed by atoms with van der Waals surface area (Å²) < 4.78 is 42.7. The van der Waals surface area contributed by atoms with Crippen LogP contribution in [0.1, 0.15) is 78.2 Å². The van der Waals surface area contributed by atoms with Crippen LogP contribution in [-0.4, -0.2) is 251 Å². The number of ether oxygens (including phenoxy) is 8. The average molecular weight is 1330 g/mol. The summed E-state index contributed by atoms with van der Waals surface area (Å²) >= 11 is 1.08. The van der Waals surface area contributed by atoms with Crippen molar-refractivity contribution < 1.29 is 105 Å². The molecular weight excluding hydrogens is 1240 g/mol. The number of benzene rings is 1. The minimum Gasteiger partial charge on any atom is -0.379 e. The van der Waals surface area contributed by atoms with Gasteiger partial charge in [-0.25, -0.2) is 4.79 Å². The first-order valence-corrected chi connectivity index (χ1v) is 32.7. The second-order valence-electron chi connectivity index (χ2n) is 20.4. The fourth-order valence-corrected chi connectivity index (χ4v) is 12.1. The Labute approximate surface area is 534 Å². The van der Waals surface area contributed by atoms with Gasteiger partial charge in [-0.1, -0.05) is 33.7 Å². The first-order valence-electron chi connectivity index (χ1n) is 29.5. The minimum absolute atomic E-state index is 0.0184. The topological polar surface area (TPSA) is 379 Å². The molecule has 5 N–H and O–H groups in total. The third-order valence-corrected chi connectivity index (χ3v) is 18.1. The molecule has 0 spiro atoms. The maximum absolute atomic E-state index is 13.4. The third-order valence-electron chi connectivity index (χ3n) is 13.9. The van der Waals surface area contributed by atoms with Crippen LogP contribution in [0.2, 0.25) is 0 Å². The Morgan fingerprint density at radius 3 is 1.60 bits per heavy atom. The summed E-state index contributed by atoms with van der Waals surface area (Å²) in [5, 5.41) is 12.4. The molecule has 3 heterocycles.